The third-order valence-electron chi connectivity index (χ3n) is 4.93. The molecule has 0 radical (unpaired) electrons. The van der Waals surface area contributed by atoms with Gasteiger partial charge >= 0.3 is 0 Å². The van der Waals surface area contributed by atoms with Gasteiger partial charge in [-0.2, -0.15) is 0 Å². The molecule has 146 valence electrons. The van der Waals surface area contributed by atoms with Crippen LogP contribution in [0.25, 0.3) is 0 Å². The highest BCUT2D eigenvalue weighted by Crippen LogP contribution is 2.18. The summed E-state index contributed by atoms with van der Waals surface area (Å²) in [6.45, 7) is 7.78. The van der Waals surface area contributed by atoms with E-state index >= 15 is 0 Å². The molecule has 0 aliphatic heterocycles. The molecule has 27 heavy (non-hydrogen) atoms. The van der Waals surface area contributed by atoms with E-state index in [1.165, 1.54) is 31.2 Å². The largest absolute Gasteiger partial charge is 0.345 e. The minimum absolute atomic E-state index is 0.00174. The standard InChI is InChI=1S/C24H34N2O/c1-3-5-18-26(19-6-4-2)20-17-23(21-13-9-7-10-14-21)25-24(27)22-15-11-8-12-16-22/h7-16,23H,3-6,17-20H2,1-2H3,(H,25,27). The van der Waals surface area contributed by atoms with Crippen LogP contribution in [0.1, 0.15) is 67.9 Å². The van der Waals surface area contributed by atoms with Crippen LogP contribution in [0.3, 0.4) is 0 Å². The van der Waals surface area contributed by atoms with Crippen molar-refractivity contribution in [2.24, 2.45) is 0 Å². The van der Waals surface area contributed by atoms with Crippen molar-refractivity contribution in [1.82, 2.24) is 10.2 Å². The molecule has 0 aliphatic carbocycles. The van der Waals surface area contributed by atoms with Crippen LogP contribution in [0.4, 0.5) is 0 Å². The minimum Gasteiger partial charge on any atom is -0.345 e. The molecule has 2 aromatic rings. The van der Waals surface area contributed by atoms with Gasteiger partial charge in [0.25, 0.3) is 5.91 Å². The number of hydrogen-bond donors (Lipinski definition) is 1. The molecule has 1 unspecified atom stereocenters. The summed E-state index contributed by atoms with van der Waals surface area (Å²) in [5, 5.41) is 3.25. The predicted molar refractivity (Wildman–Crippen MR) is 114 cm³/mol. The van der Waals surface area contributed by atoms with Gasteiger partial charge in [0.1, 0.15) is 0 Å². The van der Waals surface area contributed by atoms with Crippen molar-refractivity contribution < 1.29 is 4.79 Å². The Bertz CT molecular complexity index is 634. The van der Waals surface area contributed by atoms with Gasteiger partial charge in [-0.1, -0.05) is 75.2 Å². The SMILES string of the molecule is CCCCN(CCCC)CCC(NC(=O)c1ccccc1)c1ccccc1. The lowest BCUT2D eigenvalue weighted by Gasteiger charge is -2.26. The van der Waals surface area contributed by atoms with Crippen molar-refractivity contribution in [3.8, 4) is 0 Å². The lowest BCUT2D eigenvalue weighted by Crippen LogP contribution is -2.33. The summed E-state index contributed by atoms with van der Waals surface area (Å²) in [4.78, 5) is 15.2. The number of amides is 1. The third-order valence-corrected chi connectivity index (χ3v) is 4.93. The van der Waals surface area contributed by atoms with E-state index in [9.17, 15) is 4.79 Å². The van der Waals surface area contributed by atoms with Gasteiger partial charge in [-0.3, -0.25) is 4.79 Å². The lowest BCUT2D eigenvalue weighted by atomic mass is 10.0. The summed E-state index contributed by atoms with van der Waals surface area (Å²) in [5.41, 5.74) is 1.89. The molecule has 2 rings (SSSR count). The Balaban J connectivity index is 2.04. The van der Waals surface area contributed by atoms with Crippen LogP contribution in [0.15, 0.2) is 60.7 Å². The molecular weight excluding hydrogens is 332 g/mol. The molecule has 0 heterocycles. The van der Waals surface area contributed by atoms with Crippen molar-refractivity contribution in [2.45, 2.75) is 52.0 Å². The smallest absolute Gasteiger partial charge is 0.251 e. The van der Waals surface area contributed by atoms with Crippen molar-refractivity contribution >= 4 is 5.91 Å². The van der Waals surface area contributed by atoms with E-state index in [1.807, 2.05) is 48.5 Å². The first kappa shape index (κ1) is 21.2. The molecule has 1 N–H and O–H groups in total. The summed E-state index contributed by atoms with van der Waals surface area (Å²) < 4.78 is 0. The summed E-state index contributed by atoms with van der Waals surface area (Å²) in [7, 11) is 0. The first-order valence-electron chi connectivity index (χ1n) is 10.4. The van der Waals surface area contributed by atoms with Crippen LogP contribution in [0.2, 0.25) is 0 Å². The van der Waals surface area contributed by atoms with Gasteiger partial charge in [-0.15, -0.1) is 0 Å². The number of hydrogen-bond acceptors (Lipinski definition) is 2. The van der Waals surface area contributed by atoms with Crippen molar-refractivity contribution in [3.05, 3.63) is 71.8 Å². The van der Waals surface area contributed by atoms with Gasteiger partial charge in [-0.05, 0) is 50.0 Å². The number of nitrogens with one attached hydrogen (secondary N) is 1. The maximum atomic E-state index is 12.7. The molecule has 0 aromatic heterocycles. The normalized spacial score (nSPS) is 12.1. The van der Waals surface area contributed by atoms with Gasteiger partial charge < -0.3 is 10.2 Å². The van der Waals surface area contributed by atoms with E-state index in [2.05, 4.69) is 36.2 Å². The Morgan fingerprint density at radius 2 is 1.41 bits per heavy atom. The van der Waals surface area contributed by atoms with Crippen LogP contribution >= 0.6 is 0 Å². The van der Waals surface area contributed by atoms with Crippen molar-refractivity contribution in [2.75, 3.05) is 19.6 Å². The fraction of sp³-hybridized carbons (Fsp3) is 0.458. The Labute approximate surface area is 164 Å². The summed E-state index contributed by atoms with van der Waals surface area (Å²) in [6.07, 6.45) is 5.83. The molecule has 0 fully saturated rings. The van der Waals surface area contributed by atoms with Gasteiger partial charge in [0, 0.05) is 12.1 Å². The number of unbranched alkanes of at least 4 members (excludes halogenated alkanes) is 2. The third kappa shape index (κ3) is 7.56. The second kappa shape index (κ2) is 12.3. The lowest BCUT2D eigenvalue weighted by molar-refractivity contribution is 0.0931. The second-order valence-electron chi connectivity index (χ2n) is 7.14. The average molecular weight is 367 g/mol. The highest BCUT2D eigenvalue weighted by molar-refractivity contribution is 5.94. The average Bonchev–Trinajstić information content (AvgIpc) is 2.73. The van der Waals surface area contributed by atoms with Crippen LogP contribution in [0, 0.1) is 0 Å². The van der Waals surface area contributed by atoms with Crippen LogP contribution in [-0.4, -0.2) is 30.4 Å². The zero-order valence-electron chi connectivity index (χ0n) is 16.9. The van der Waals surface area contributed by atoms with E-state index in [-0.39, 0.29) is 11.9 Å². The highest BCUT2D eigenvalue weighted by Gasteiger charge is 2.17. The summed E-state index contributed by atoms with van der Waals surface area (Å²) >= 11 is 0. The zero-order valence-corrected chi connectivity index (χ0v) is 16.9. The fourth-order valence-electron chi connectivity index (χ4n) is 3.25. The van der Waals surface area contributed by atoms with Crippen LogP contribution < -0.4 is 5.32 Å². The number of benzene rings is 2. The van der Waals surface area contributed by atoms with E-state index < -0.39 is 0 Å². The Hall–Kier alpha value is -2.13. The molecule has 0 saturated heterocycles. The zero-order chi connectivity index (χ0) is 19.3. The predicted octanol–water partition coefficient (Wildman–Crippen LogP) is 5.45. The fourth-order valence-corrected chi connectivity index (χ4v) is 3.25. The molecule has 0 spiro atoms. The number of rotatable bonds is 12. The van der Waals surface area contributed by atoms with E-state index in [0.29, 0.717) is 5.56 Å². The second-order valence-corrected chi connectivity index (χ2v) is 7.14. The molecule has 2 aromatic carbocycles. The van der Waals surface area contributed by atoms with Gasteiger partial charge in [0.15, 0.2) is 0 Å². The molecule has 0 saturated carbocycles. The summed E-state index contributed by atoms with van der Waals surface area (Å²) in [6, 6.07) is 19.8. The molecule has 1 atom stereocenters. The van der Waals surface area contributed by atoms with Crippen molar-refractivity contribution in [3.63, 3.8) is 0 Å². The molecule has 0 aliphatic rings. The molecular formula is C24H34N2O. The first-order chi connectivity index (χ1) is 13.2. The van der Waals surface area contributed by atoms with Gasteiger partial charge in [-0.25, -0.2) is 0 Å². The maximum Gasteiger partial charge on any atom is 0.251 e. The summed E-state index contributed by atoms with van der Waals surface area (Å²) in [5.74, 6) is -0.00174. The number of nitrogens with zero attached hydrogens (tertiary/aromatic N) is 1. The first-order valence-corrected chi connectivity index (χ1v) is 10.4. The maximum absolute atomic E-state index is 12.7. The van der Waals surface area contributed by atoms with Crippen LogP contribution in [0.5, 0.6) is 0 Å². The van der Waals surface area contributed by atoms with E-state index in [0.717, 1.165) is 26.1 Å². The number of carbonyl (C=O) groups is 1. The van der Waals surface area contributed by atoms with Crippen molar-refractivity contribution in [1.29, 1.82) is 0 Å². The monoisotopic (exact) mass is 366 g/mol. The Morgan fingerprint density at radius 1 is 0.852 bits per heavy atom. The Morgan fingerprint density at radius 3 is 1.96 bits per heavy atom. The van der Waals surface area contributed by atoms with E-state index in [1.54, 1.807) is 0 Å². The molecule has 3 nitrogen and oxygen atoms in total. The van der Waals surface area contributed by atoms with Crippen LogP contribution in [-0.2, 0) is 0 Å². The minimum atomic E-state index is -0.00174. The Kier molecular flexibility index (Phi) is 9.64. The quantitative estimate of drug-likeness (QED) is 0.542. The van der Waals surface area contributed by atoms with E-state index in [4.69, 9.17) is 0 Å². The van der Waals surface area contributed by atoms with Gasteiger partial charge in [0.05, 0.1) is 6.04 Å². The highest BCUT2D eigenvalue weighted by atomic mass is 16.1. The number of carbonyl (C=O) groups excluding carboxylic acids is 1. The topological polar surface area (TPSA) is 32.3 Å². The molecule has 0 bridgehead atoms. The van der Waals surface area contributed by atoms with Gasteiger partial charge in [0.2, 0.25) is 0 Å². The molecule has 3 heteroatoms. The molecule has 1 amide bonds.